The summed E-state index contributed by atoms with van der Waals surface area (Å²) in [5.74, 6) is 0.422. The van der Waals surface area contributed by atoms with Crippen LogP contribution in [0.3, 0.4) is 0 Å². The Morgan fingerprint density at radius 1 is 1.06 bits per heavy atom. The number of non-ortho nitro benzene ring substituents is 1. The molecule has 0 bridgehead atoms. The summed E-state index contributed by atoms with van der Waals surface area (Å²) in [6.07, 6.45) is 3.78. The van der Waals surface area contributed by atoms with Gasteiger partial charge in [0.25, 0.3) is 5.69 Å². The molecule has 0 unspecified atom stereocenters. The van der Waals surface area contributed by atoms with Crippen molar-refractivity contribution in [2.45, 2.75) is 31.5 Å². The fourth-order valence-corrected chi connectivity index (χ4v) is 4.90. The van der Waals surface area contributed by atoms with Crippen molar-refractivity contribution in [3.8, 4) is 5.75 Å². The Kier molecular flexibility index (Phi) is 5.12. The first-order valence-electron chi connectivity index (χ1n) is 11.2. The molecular weight excluding hydrogens is 430 g/mol. The lowest BCUT2D eigenvalue weighted by molar-refractivity contribution is -0.384. The number of rotatable bonds is 5. The van der Waals surface area contributed by atoms with Crippen LogP contribution in [0.25, 0.3) is 6.08 Å². The van der Waals surface area contributed by atoms with Gasteiger partial charge < -0.3 is 15.0 Å². The number of carbonyl (C=O) groups excluding carboxylic acids is 1. The highest BCUT2D eigenvalue weighted by atomic mass is 16.6. The van der Waals surface area contributed by atoms with Crippen molar-refractivity contribution < 1.29 is 14.5 Å². The van der Waals surface area contributed by atoms with Crippen LogP contribution in [-0.2, 0) is 16.8 Å². The largest absolute Gasteiger partial charge is 0.463 e. The molecule has 1 spiro atoms. The summed E-state index contributed by atoms with van der Waals surface area (Å²) in [7, 11) is 0. The summed E-state index contributed by atoms with van der Waals surface area (Å²) in [5.41, 5.74) is 2.20. The number of para-hydroxylation sites is 1. The fraction of sp³-hybridized carbons (Fsp3) is 0.222. The van der Waals surface area contributed by atoms with Crippen molar-refractivity contribution in [3.63, 3.8) is 0 Å². The van der Waals surface area contributed by atoms with E-state index in [0.717, 1.165) is 16.8 Å². The van der Waals surface area contributed by atoms with Gasteiger partial charge in [-0.1, -0.05) is 48.5 Å². The van der Waals surface area contributed by atoms with Crippen molar-refractivity contribution in [1.82, 2.24) is 5.32 Å². The Balaban J connectivity index is 1.49. The van der Waals surface area contributed by atoms with E-state index in [-0.39, 0.29) is 18.1 Å². The van der Waals surface area contributed by atoms with Gasteiger partial charge in [-0.05, 0) is 49.3 Å². The number of nitrogens with one attached hydrogen (secondary N) is 1. The number of nitrogens with zero attached hydrogens (tertiary/aromatic N) is 2. The van der Waals surface area contributed by atoms with Gasteiger partial charge in [-0.3, -0.25) is 14.9 Å². The standard InChI is InChI=1S/C27H25N3O4/c1-26(2)22-10-6-7-11-23(22)29(18-25(31)28-17-19-8-4-3-5-9-19)27(26)15-14-20-16-21(30(32)33)12-13-24(20)34-27/h3-16H,17-18H2,1-2H3,(H,28,31)/t27-/m1/s1. The minimum Gasteiger partial charge on any atom is -0.463 e. The van der Waals surface area contributed by atoms with E-state index in [0.29, 0.717) is 17.9 Å². The SMILES string of the molecule is CC1(C)c2ccccc2N(CC(=O)NCc2ccccc2)[C@@]12C=Cc1cc([N+](=O)[O-])ccc1O2. The van der Waals surface area contributed by atoms with Gasteiger partial charge in [0.15, 0.2) is 0 Å². The number of fused-ring (bicyclic) bond motifs is 2. The van der Waals surface area contributed by atoms with Gasteiger partial charge in [0.2, 0.25) is 11.6 Å². The second-order valence-corrected chi connectivity index (χ2v) is 9.10. The molecule has 2 aliphatic rings. The van der Waals surface area contributed by atoms with Crippen molar-refractivity contribution in [2.75, 3.05) is 11.4 Å². The number of carbonyl (C=O) groups is 1. The molecule has 1 N–H and O–H groups in total. The number of ether oxygens (including phenoxy) is 1. The molecule has 2 heterocycles. The fourth-order valence-electron chi connectivity index (χ4n) is 4.90. The maximum absolute atomic E-state index is 13.1. The minimum absolute atomic E-state index is 0.00839. The lowest BCUT2D eigenvalue weighted by atomic mass is 9.76. The zero-order chi connectivity index (χ0) is 23.9. The highest BCUT2D eigenvalue weighted by molar-refractivity contribution is 5.85. The molecule has 0 radical (unpaired) electrons. The molecule has 172 valence electrons. The van der Waals surface area contributed by atoms with Crippen LogP contribution in [0.4, 0.5) is 11.4 Å². The molecule has 0 saturated carbocycles. The maximum atomic E-state index is 13.1. The third kappa shape index (κ3) is 3.41. The van der Waals surface area contributed by atoms with Crippen molar-refractivity contribution in [2.24, 2.45) is 0 Å². The Bertz CT molecular complexity index is 1300. The number of nitro groups is 1. The second kappa shape index (κ2) is 8.02. The summed E-state index contributed by atoms with van der Waals surface area (Å²) >= 11 is 0. The maximum Gasteiger partial charge on any atom is 0.270 e. The normalized spacial score (nSPS) is 19.3. The third-order valence-electron chi connectivity index (χ3n) is 6.76. The van der Waals surface area contributed by atoms with Gasteiger partial charge in [-0.25, -0.2) is 0 Å². The quantitative estimate of drug-likeness (QED) is 0.441. The highest BCUT2D eigenvalue weighted by Gasteiger charge is 2.59. The molecule has 7 nitrogen and oxygen atoms in total. The number of benzene rings is 3. The smallest absolute Gasteiger partial charge is 0.270 e. The van der Waals surface area contributed by atoms with Gasteiger partial charge in [-0.15, -0.1) is 0 Å². The van der Waals surface area contributed by atoms with Gasteiger partial charge in [0, 0.05) is 29.9 Å². The zero-order valence-corrected chi connectivity index (χ0v) is 19.0. The van der Waals surface area contributed by atoms with E-state index in [2.05, 4.69) is 25.2 Å². The number of hydrogen-bond acceptors (Lipinski definition) is 5. The molecule has 3 aromatic carbocycles. The van der Waals surface area contributed by atoms with E-state index in [1.807, 2.05) is 65.6 Å². The number of hydrogen-bond donors (Lipinski definition) is 1. The summed E-state index contributed by atoms with van der Waals surface area (Å²) in [6, 6.07) is 22.3. The van der Waals surface area contributed by atoms with E-state index in [9.17, 15) is 14.9 Å². The number of amides is 1. The summed E-state index contributed by atoms with van der Waals surface area (Å²) in [6.45, 7) is 4.72. The third-order valence-corrected chi connectivity index (χ3v) is 6.76. The first-order valence-corrected chi connectivity index (χ1v) is 11.2. The molecular formula is C27H25N3O4. The van der Waals surface area contributed by atoms with Crippen LogP contribution in [-0.4, -0.2) is 23.1 Å². The van der Waals surface area contributed by atoms with Crippen LogP contribution in [0.2, 0.25) is 0 Å². The van der Waals surface area contributed by atoms with Crippen molar-refractivity contribution >= 4 is 23.4 Å². The molecule has 3 aromatic rings. The van der Waals surface area contributed by atoms with Gasteiger partial charge >= 0.3 is 0 Å². The molecule has 0 fully saturated rings. The predicted molar refractivity (Wildman–Crippen MR) is 131 cm³/mol. The molecule has 0 aromatic heterocycles. The first-order chi connectivity index (χ1) is 16.3. The highest BCUT2D eigenvalue weighted by Crippen LogP contribution is 2.54. The molecule has 1 amide bonds. The number of anilines is 1. The molecule has 2 aliphatic heterocycles. The van der Waals surface area contributed by atoms with E-state index >= 15 is 0 Å². The molecule has 1 atom stereocenters. The molecule has 5 rings (SSSR count). The van der Waals surface area contributed by atoms with Gasteiger partial charge in [0.05, 0.1) is 10.3 Å². The molecule has 34 heavy (non-hydrogen) atoms. The Morgan fingerprint density at radius 3 is 2.56 bits per heavy atom. The number of nitro benzene ring substituents is 1. The minimum atomic E-state index is -0.968. The first kappa shape index (κ1) is 21.7. The lowest BCUT2D eigenvalue weighted by Crippen LogP contribution is -2.61. The Hall–Kier alpha value is -4.13. The monoisotopic (exact) mass is 455 g/mol. The van der Waals surface area contributed by atoms with Crippen LogP contribution in [0.1, 0.15) is 30.5 Å². The summed E-state index contributed by atoms with van der Waals surface area (Å²) in [5, 5.41) is 14.2. The van der Waals surface area contributed by atoms with E-state index in [1.54, 1.807) is 6.07 Å². The Morgan fingerprint density at radius 2 is 1.79 bits per heavy atom. The predicted octanol–water partition coefficient (Wildman–Crippen LogP) is 4.81. The lowest BCUT2D eigenvalue weighted by Gasteiger charge is -2.46. The second-order valence-electron chi connectivity index (χ2n) is 9.10. The molecule has 7 heteroatoms. The van der Waals surface area contributed by atoms with Gasteiger partial charge in [0.1, 0.15) is 12.3 Å². The van der Waals surface area contributed by atoms with Crippen molar-refractivity contribution in [1.29, 1.82) is 0 Å². The van der Waals surface area contributed by atoms with Crippen LogP contribution in [0.15, 0.2) is 78.9 Å². The Labute approximate surface area is 197 Å². The van der Waals surface area contributed by atoms with Gasteiger partial charge in [-0.2, -0.15) is 0 Å². The van der Waals surface area contributed by atoms with Crippen LogP contribution in [0.5, 0.6) is 5.75 Å². The van der Waals surface area contributed by atoms with Crippen LogP contribution in [0, 0.1) is 10.1 Å². The van der Waals surface area contributed by atoms with Crippen molar-refractivity contribution in [3.05, 3.63) is 106 Å². The van der Waals surface area contributed by atoms with E-state index in [1.165, 1.54) is 12.1 Å². The summed E-state index contributed by atoms with van der Waals surface area (Å²) in [4.78, 5) is 25.9. The summed E-state index contributed by atoms with van der Waals surface area (Å²) < 4.78 is 6.63. The topological polar surface area (TPSA) is 84.7 Å². The average Bonchev–Trinajstić information content (AvgIpc) is 3.02. The molecule has 0 aliphatic carbocycles. The van der Waals surface area contributed by atoms with Crippen LogP contribution < -0.4 is 15.0 Å². The van der Waals surface area contributed by atoms with E-state index < -0.39 is 16.1 Å². The van der Waals surface area contributed by atoms with E-state index in [4.69, 9.17) is 4.74 Å². The zero-order valence-electron chi connectivity index (χ0n) is 19.0. The van der Waals surface area contributed by atoms with Crippen LogP contribution >= 0.6 is 0 Å². The molecule has 0 saturated heterocycles. The average molecular weight is 456 g/mol.